The zero-order chi connectivity index (χ0) is 13.6. The van der Waals surface area contributed by atoms with Crippen molar-refractivity contribution in [3.63, 3.8) is 0 Å². The van der Waals surface area contributed by atoms with Crippen LogP contribution in [-0.2, 0) is 5.54 Å². The van der Waals surface area contributed by atoms with Crippen LogP contribution in [0.3, 0.4) is 0 Å². The first-order chi connectivity index (χ1) is 9.02. The van der Waals surface area contributed by atoms with Crippen molar-refractivity contribution >= 4 is 5.96 Å². The Morgan fingerprint density at radius 1 is 1.42 bits per heavy atom. The largest absolute Gasteiger partial charge is 0.370 e. The molecule has 0 aromatic heterocycles. The quantitative estimate of drug-likeness (QED) is 0.910. The standard InChI is InChI=1S/C14H17F2N3/c1-14(10-3-2-4-11(15)12(10)16)8-18-13(17)19(14)7-9-5-6-9/h2-4,9H,5-8H2,1H3,(H2,17,18). The minimum absolute atomic E-state index is 0.331. The van der Waals surface area contributed by atoms with E-state index >= 15 is 0 Å². The maximum Gasteiger partial charge on any atom is 0.192 e. The number of benzene rings is 1. The molecule has 3 rings (SSSR count). The van der Waals surface area contributed by atoms with Gasteiger partial charge < -0.3 is 10.6 Å². The van der Waals surface area contributed by atoms with Gasteiger partial charge in [-0.15, -0.1) is 0 Å². The molecule has 0 bridgehead atoms. The van der Waals surface area contributed by atoms with Gasteiger partial charge in [0.1, 0.15) is 0 Å². The van der Waals surface area contributed by atoms with Crippen LogP contribution in [0.2, 0.25) is 0 Å². The van der Waals surface area contributed by atoms with Crippen molar-refractivity contribution < 1.29 is 8.78 Å². The lowest BCUT2D eigenvalue weighted by Crippen LogP contribution is -2.48. The first-order valence-corrected chi connectivity index (χ1v) is 6.54. The summed E-state index contributed by atoms with van der Waals surface area (Å²) >= 11 is 0. The van der Waals surface area contributed by atoms with Gasteiger partial charge in [0.25, 0.3) is 0 Å². The monoisotopic (exact) mass is 265 g/mol. The predicted molar refractivity (Wildman–Crippen MR) is 69.6 cm³/mol. The lowest BCUT2D eigenvalue weighted by Gasteiger charge is -2.37. The lowest BCUT2D eigenvalue weighted by atomic mass is 9.90. The maximum absolute atomic E-state index is 14.1. The summed E-state index contributed by atoms with van der Waals surface area (Å²) in [6.45, 7) is 3.00. The summed E-state index contributed by atoms with van der Waals surface area (Å²) in [5.41, 5.74) is 5.57. The summed E-state index contributed by atoms with van der Waals surface area (Å²) in [6, 6.07) is 4.28. The van der Waals surface area contributed by atoms with Crippen LogP contribution >= 0.6 is 0 Å². The fourth-order valence-corrected chi connectivity index (χ4v) is 2.66. The fourth-order valence-electron chi connectivity index (χ4n) is 2.66. The molecule has 0 amide bonds. The Kier molecular flexibility index (Phi) is 2.73. The number of hydrogen-bond acceptors (Lipinski definition) is 3. The second-order valence-corrected chi connectivity index (χ2v) is 5.60. The molecule has 5 heteroatoms. The summed E-state index contributed by atoms with van der Waals surface area (Å²) in [6.07, 6.45) is 2.34. The normalized spacial score (nSPS) is 26.7. The van der Waals surface area contributed by atoms with Gasteiger partial charge in [0.15, 0.2) is 17.6 Å². The van der Waals surface area contributed by atoms with Crippen LogP contribution in [0.5, 0.6) is 0 Å². The van der Waals surface area contributed by atoms with Gasteiger partial charge in [0, 0.05) is 12.1 Å². The highest BCUT2D eigenvalue weighted by Gasteiger charge is 2.43. The molecule has 0 radical (unpaired) electrons. The topological polar surface area (TPSA) is 41.6 Å². The highest BCUT2D eigenvalue weighted by molar-refractivity contribution is 5.81. The molecule has 1 fully saturated rings. The van der Waals surface area contributed by atoms with E-state index in [0.29, 0.717) is 24.0 Å². The average molecular weight is 265 g/mol. The van der Waals surface area contributed by atoms with Gasteiger partial charge in [-0.05, 0) is 31.7 Å². The van der Waals surface area contributed by atoms with Gasteiger partial charge in [-0.1, -0.05) is 12.1 Å². The number of guanidine groups is 1. The number of nitrogens with zero attached hydrogens (tertiary/aromatic N) is 2. The molecule has 1 aromatic carbocycles. The van der Waals surface area contributed by atoms with E-state index in [1.807, 2.05) is 11.8 Å². The second-order valence-electron chi connectivity index (χ2n) is 5.60. The molecule has 0 saturated heterocycles. The number of aliphatic imine (C=N–C) groups is 1. The third-order valence-corrected chi connectivity index (χ3v) is 4.09. The molecule has 2 aliphatic rings. The Labute approximate surface area is 111 Å². The SMILES string of the molecule is CC1(c2cccc(F)c2F)CN=C(N)N1CC1CC1. The van der Waals surface area contributed by atoms with E-state index in [0.717, 1.165) is 12.6 Å². The minimum atomic E-state index is -0.824. The first kappa shape index (κ1) is 12.4. The van der Waals surface area contributed by atoms with Crippen molar-refractivity contribution in [1.82, 2.24) is 4.90 Å². The number of halogens is 2. The molecule has 2 N–H and O–H groups in total. The molecule has 1 aromatic rings. The summed E-state index contributed by atoms with van der Waals surface area (Å²) < 4.78 is 27.5. The van der Waals surface area contributed by atoms with Gasteiger partial charge in [-0.2, -0.15) is 0 Å². The van der Waals surface area contributed by atoms with Crippen molar-refractivity contribution in [3.05, 3.63) is 35.4 Å². The molecule has 1 saturated carbocycles. The van der Waals surface area contributed by atoms with E-state index in [1.165, 1.54) is 18.9 Å². The van der Waals surface area contributed by atoms with E-state index < -0.39 is 17.2 Å². The zero-order valence-electron chi connectivity index (χ0n) is 10.9. The van der Waals surface area contributed by atoms with Gasteiger partial charge in [-0.25, -0.2) is 8.78 Å². The van der Waals surface area contributed by atoms with Crippen LogP contribution in [-0.4, -0.2) is 23.9 Å². The van der Waals surface area contributed by atoms with Gasteiger partial charge in [-0.3, -0.25) is 4.99 Å². The van der Waals surface area contributed by atoms with Crippen LogP contribution in [0.15, 0.2) is 23.2 Å². The van der Waals surface area contributed by atoms with Gasteiger partial charge >= 0.3 is 0 Å². The molecule has 0 spiro atoms. The fraction of sp³-hybridized carbons (Fsp3) is 0.500. The molecule has 1 aliphatic carbocycles. The van der Waals surface area contributed by atoms with Gasteiger partial charge in [0.2, 0.25) is 0 Å². The lowest BCUT2D eigenvalue weighted by molar-refractivity contribution is 0.209. The van der Waals surface area contributed by atoms with E-state index in [4.69, 9.17) is 5.73 Å². The van der Waals surface area contributed by atoms with Crippen LogP contribution in [0, 0.1) is 17.6 Å². The molecule has 1 aliphatic heterocycles. The Bertz CT molecular complexity index is 539. The zero-order valence-corrected chi connectivity index (χ0v) is 10.9. The van der Waals surface area contributed by atoms with Crippen LogP contribution in [0.4, 0.5) is 8.78 Å². The second kappa shape index (κ2) is 4.18. The molecule has 1 atom stereocenters. The number of rotatable bonds is 3. The Balaban J connectivity index is 1.98. The molecule has 1 heterocycles. The van der Waals surface area contributed by atoms with E-state index in [-0.39, 0.29) is 0 Å². The van der Waals surface area contributed by atoms with Gasteiger partial charge in [0.05, 0.1) is 12.1 Å². The maximum atomic E-state index is 14.1. The van der Waals surface area contributed by atoms with E-state index in [9.17, 15) is 8.78 Å². The number of hydrogen-bond donors (Lipinski definition) is 1. The van der Waals surface area contributed by atoms with Crippen LogP contribution in [0.1, 0.15) is 25.3 Å². The molecule has 3 nitrogen and oxygen atoms in total. The van der Waals surface area contributed by atoms with E-state index in [1.54, 1.807) is 6.07 Å². The Morgan fingerprint density at radius 3 is 2.84 bits per heavy atom. The molecule has 102 valence electrons. The Hall–Kier alpha value is -1.65. The van der Waals surface area contributed by atoms with Crippen molar-refractivity contribution in [2.45, 2.75) is 25.3 Å². The predicted octanol–water partition coefficient (Wildman–Crippen LogP) is 2.22. The van der Waals surface area contributed by atoms with E-state index in [2.05, 4.69) is 4.99 Å². The molecule has 1 unspecified atom stereocenters. The summed E-state index contributed by atoms with van der Waals surface area (Å²) in [5.74, 6) is -0.591. The van der Waals surface area contributed by atoms with Crippen molar-refractivity contribution in [1.29, 1.82) is 0 Å². The smallest absolute Gasteiger partial charge is 0.192 e. The summed E-state index contributed by atoms with van der Waals surface area (Å²) in [5, 5.41) is 0. The Morgan fingerprint density at radius 2 is 2.16 bits per heavy atom. The third-order valence-electron chi connectivity index (χ3n) is 4.09. The van der Waals surface area contributed by atoms with Crippen molar-refractivity contribution in [2.24, 2.45) is 16.6 Å². The minimum Gasteiger partial charge on any atom is -0.370 e. The summed E-state index contributed by atoms with van der Waals surface area (Å²) in [4.78, 5) is 6.15. The average Bonchev–Trinajstić information content (AvgIpc) is 3.15. The third kappa shape index (κ3) is 1.97. The number of nitrogens with two attached hydrogens (primary N) is 1. The highest BCUT2D eigenvalue weighted by atomic mass is 19.2. The van der Waals surface area contributed by atoms with Crippen molar-refractivity contribution in [2.75, 3.05) is 13.1 Å². The van der Waals surface area contributed by atoms with Crippen molar-refractivity contribution in [3.8, 4) is 0 Å². The van der Waals surface area contributed by atoms with Crippen LogP contribution < -0.4 is 5.73 Å². The molecular weight excluding hydrogens is 248 g/mol. The van der Waals surface area contributed by atoms with Crippen LogP contribution in [0.25, 0.3) is 0 Å². The summed E-state index contributed by atoms with van der Waals surface area (Å²) in [7, 11) is 0. The highest BCUT2D eigenvalue weighted by Crippen LogP contribution is 2.39. The first-order valence-electron chi connectivity index (χ1n) is 6.54. The molecular formula is C14H17F2N3. The molecule has 19 heavy (non-hydrogen) atoms.